The van der Waals surface area contributed by atoms with Gasteiger partial charge in [0.1, 0.15) is 0 Å². The normalized spacial score (nSPS) is 16.0. The van der Waals surface area contributed by atoms with Gasteiger partial charge >= 0.3 is 0 Å². The molecule has 1 fully saturated rings. The third-order valence-electron chi connectivity index (χ3n) is 3.58. The van der Waals surface area contributed by atoms with Gasteiger partial charge < -0.3 is 15.5 Å². The third kappa shape index (κ3) is 4.87. The number of amides is 2. The molecule has 1 aliphatic rings. The van der Waals surface area contributed by atoms with Gasteiger partial charge in [-0.3, -0.25) is 9.59 Å². The number of piperazine rings is 1. The van der Waals surface area contributed by atoms with Crippen LogP contribution in [0.15, 0.2) is 24.3 Å². The fourth-order valence-electron chi connectivity index (χ4n) is 2.40. The van der Waals surface area contributed by atoms with E-state index in [1.807, 2.05) is 12.1 Å². The molecule has 2 N–H and O–H groups in total. The number of carbonyl (C=O) groups excluding carboxylic acids is 2. The highest BCUT2D eigenvalue weighted by atomic mass is 35.5. The maximum Gasteiger partial charge on any atom is 0.239 e. The number of rotatable bonds is 3. The van der Waals surface area contributed by atoms with Crippen LogP contribution in [0.1, 0.15) is 12.5 Å². The van der Waals surface area contributed by atoms with E-state index < -0.39 is 6.04 Å². The Bertz CT molecular complexity index is 529. The topological polar surface area (TPSA) is 66.6 Å². The molecule has 1 aliphatic heterocycles. The van der Waals surface area contributed by atoms with Crippen LogP contribution in [0.5, 0.6) is 0 Å². The minimum Gasteiger partial charge on any atom is -0.339 e. The molecule has 22 heavy (non-hydrogen) atoms. The zero-order valence-corrected chi connectivity index (χ0v) is 14.1. The average Bonchev–Trinajstić information content (AvgIpc) is 2.46. The van der Waals surface area contributed by atoms with E-state index in [0.29, 0.717) is 37.6 Å². The number of hydrogen-bond acceptors (Lipinski definition) is 3. The second-order valence-corrected chi connectivity index (χ2v) is 5.74. The lowest BCUT2D eigenvalue weighted by Crippen LogP contribution is -2.54. The van der Waals surface area contributed by atoms with Gasteiger partial charge in [0.15, 0.2) is 0 Å². The van der Waals surface area contributed by atoms with Gasteiger partial charge in [-0.05, 0) is 24.6 Å². The number of nitrogens with zero attached hydrogens (tertiary/aromatic N) is 2. The summed E-state index contributed by atoms with van der Waals surface area (Å²) in [6.07, 6.45) is 0.335. The monoisotopic (exact) mass is 345 g/mol. The van der Waals surface area contributed by atoms with Gasteiger partial charge in [0.2, 0.25) is 11.8 Å². The van der Waals surface area contributed by atoms with Gasteiger partial charge in [-0.25, -0.2) is 0 Å². The molecular formula is C15H21Cl2N3O2. The molecule has 0 bridgehead atoms. The van der Waals surface area contributed by atoms with Gasteiger partial charge in [-0.2, -0.15) is 0 Å². The van der Waals surface area contributed by atoms with Crippen LogP contribution in [-0.2, 0) is 16.0 Å². The Balaban J connectivity index is 0.00000242. The Labute approximate surface area is 141 Å². The number of benzene rings is 1. The Kier molecular flexibility index (Phi) is 7.13. The molecule has 0 saturated carbocycles. The van der Waals surface area contributed by atoms with E-state index in [0.717, 1.165) is 5.56 Å². The summed E-state index contributed by atoms with van der Waals surface area (Å²) in [5, 5.41) is 0.632. The van der Waals surface area contributed by atoms with Crippen molar-refractivity contribution in [1.29, 1.82) is 0 Å². The molecule has 1 aromatic rings. The lowest BCUT2D eigenvalue weighted by Gasteiger charge is -2.35. The SMILES string of the molecule is C[C@@H](N)C(=O)N1CCN(C(=O)Cc2cccc(Cl)c2)CC1.Cl. The van der Waals surface area contributed by atoms with Crippen molar-refractivity contribution < 1.29 is 9.59 Å². The highest BCUT2D eigenvalue weighted by Gasteiger charge is 2.25. The van der Waals surface area contributed by atoms with Gasteiger partial charge in [0.25, 0.3) is 0 Å². The van der Waals surface area contributed by atoms with E-state index in [1.165, 1.54) is 0 Å². The van der Waals surface area contributed by atoms with Crippen molar-refractivity contribution in [2.24, 2.45) is 5.73 Å². The maximum absolute atomic E-state index is 12.2. The van der Waals surface area contributed by atoms with Gasteiger partial charge in [0.05, 0.1) is 12.5 Å². The summed E-state index contributed by atoms with van der Waals surface area (Å²) in [7, 11) is 0. The van der Waals surface area contributed by atoms with Crippen molar-refractivity contribution in [2.45, 2.75) is 19.4 Å². The molecule has 1 heterocycles. The molecule has 1 saturated heterocycles. The molecule has 0 spiro atoms. The third-order valence-corrected chi connectivity index (χ3v) is 3.81. The molecular weight excluding hydrogens is 325 g/mol. The number of hydrogen-bond donors (Lipinski definition) is 1. The van der Waals surface area contributed by atoms with Crippen LogP contribution in [0.2, 0.25) is 5.02 Å². The molecule has 5 nitrogen and oxygen atoms in total. The highest BCUT2D eigenvalue weighted by molar-refractivity contribution is 6.30. The summed E-state index contributed by atoms with van der Waals surface area (Å²) >= 11 is 5.92. The summed E-state index contributed by atoms with van der Waals surface area (Å²) in [5.74, 6) is 0.00195. The van der Waals surface area contributed by atoms with Crippen molar-refractivity contribution in [1.82, 2.24) is 9.80 Å². The van der Waals surface area contributed by atoms with E-state index in [9.17, 15) is 9.59 Å². The molecule has 7 heteroatoms. The van der Waals surface area contributed by atoms with Crippen LogP contribution >= 0.6 is 24.0 Å². The van der Waals surface area contributed by atoms with E-state index in [2.05, 4.69) is 0 Å². The van der Waals surface area contributed by atoms with E-state index in [4.69, 9.17) is 17.3 Å². The molecule has 1 aromatic carbocycles. The Morgan fingerprint density at radius 2 is 1.82 bits per heavy atom. The van der Waals surface area contributed by atoms with E-state index >= 15 is 0 Å². The van der Waals surface area contributed by atoms with Crippen molar-refractivity contribution >= 4 is 35.8 Å². The van der Waals surface area contributed by atoms with Gasteiger partial charge in [-0.1, -0.05) is 23.7 Å². The zero-order valence-electron chi connectivity index (χ0n) is 12.5. The number of nitrogens with two attached hydrogens (primary N) is 1. The van der Waals surface area contributed by atoms with Gasteiger partial charge in [0, 0.05) is 31.2 Å². The van der Waals surface area contributed by atoms with Crippen LogP contribution in [0.4, 0.5) is 0 Å². The zero-order chi connectivity index (χ0) is 15.4. The van der Waals surface area contributed by atoms with Crippen molar-refractivity contribution in [2.75, 3.05) is 26.2 Å². The summed E-state index contributed by atoms with van der Waals surface area (Å²) < 4.78 is 0. The first-order valence-corrected chi connectivity index (χ1v) is 7.42. The average molecular weight is 346 g/mol. The molecule has 0 aromatic heterocycles. The minimum atomic E-state index is -0.487. The standard InChI is InChI=1S/C15H20ClN3O2.ClH/c1-11(17)15(21)19-7-5-18(6-8-19)14(20)10-12-3-2-4-13(16)9-12;/h2-4,9,11H,5-8,10,17H2,1H3;1H/t11-;/m1./s1. The van der Waals surface area contributed by atoms with Crippen molar-refractivity contribution in [3.05, 3.63) is 34.9 Å². The van der Waals surface area contributed by atoms with E-state index in [-0.39, 0.29) is 24.2 Å². The second kappa shape index (κ2) is 8.36. The highest BCUT2D eigenvalue weighted by Crippen LogP contribution is 2.13. The van der Waals surface area contributed by atoms with Crippen LogP contribution in [-0.4, -0.2) is 53.8 Å². The van der Waals surface area contributed by atoms with Crippen molar-refractivity contribution in [3.8, 4) is 0 Å². The summed E-state index contributed by atoms with van der Waals surface area (Å²) in [6, 6.07) is 6.83. The fourth-order valence-corrected chi connectivity index (χ4v) is 2.61. The molecule has 122 valence electrons. The second-order valence-electron chi connectivity index (χ2n) is 5.30. The largest absolute Gasteiger partial charge is 0.339 e. The minimum absolute atomic E-state index is 0. The quantitative estimate of drug-likeness (QED) is 0.898. The lowest BCUT2D eigenvalue weighted by atomic mass is 10.1. The molecule has 1 atom stereocenters. The van der Waals surface area contributed by atoms with Crippen LogP contribution in [0.3, 0.4) is 0 Å². The Morgan fingerprint density at radius 3 is 2.36 bits per heavy atom. The van der Waals surface area contributed by atoms with E-state index in [1.54, 1.807) is 28.9 Å². The molecule has 2 amide bonds. The summed E-state index contributed by atoms with van der Waals surface area (Å²) in [4.78, 5) is 27.5. The molecule has 2 rings (SSSR count). The number of halogens is 2. The molecule has 0 unspecified atom stereocenters. The van der Waals surface area contributed by atoms with Crippen LogP contribution < -0.4 is 5.73 Å². The predicted molar refractivity (Wildman–Crippen MR) is 89.2 cm³/mol. The van der Waals surface area contributed by atoms with Gasteiger partial charge in [-0.15, -0.1) is 12.4 Å². The summed E-state index contributed by atoms with van der Waals surface area (Å²) in [6.45, 7) is 3.87. The fraction of sp³-hybridized carbons (Fsp3) is 0.467. The Hall–Kier alpha value is -1.30. The first-order valence-electron chi connectivity index (χ1n) is 7.04. The molecule has 0 aliphatic carbocycles. The predicted octanol–water partition coefficient (Wildman–Crippen LogP) is 1.32. The smallest absolute Gasteiger partial charge is 0.239 e. The van der Waals surface area contributed by atoms with Crippen LogP contribution in [0, 0.1) is 0 Å². The first kappa shape index (κ1) is 18.7. The lowest BCUT2D eigenvalue weighted by molar-refractivity contribution is -0.139. The Morgan fingerprint density at radius 1 is 1.23 bits per heavy atom. The summed E-state index contributed by atoms with van der Waals surface area (Å²) in [5.41, 5.74) is 6.50. The van der Waals surface area contributed by atoms with Crippen LogP contribution in [0.25, 0.3) is 0 Å². The molecule has 0 radical (unpaired) electrons. The first-order chi connectivity index (χ1) is 9.97. The van der Waals surface area contributed by atoms with Crippen molar-refractivity contribution in [3.63, 3.8) is 0 Å². The maximum atomic E-state index is 12.2. The number of carbonyl (C=O) groups is 2.